The van der Waals surface area contributed by atoms with Crippen LogP contribution in [-0.2, 0) is 11.3 Å². The van der Waals surface area contributed by atoms with Gasteiger partial charge < -0.3 is 10.6 Å². The molecule has 0 spiro atoms. The predicted molar refractivity (Wildman–Crippen MR) is 73.2 cm³/mol. The van der Waals surface area contributed by atoms with Crippen molar-refractivity contribution in [1.82, 2.24) is 10.6 Å². The molecule has 19 heavy (non-hydrogen) atoms. The highest BCUT2D eigenvalue weighted by molar-refractivity contribution is 5.83. The number of carbonyl (C=O) groups excluding carboxylic acids is 1. The van der Waals surface area contributed by atoms with Gasteiger partial charge in [-0.15, -0.1) is 0 Å². The first-order valence-electron chi connectivity index (χ1n) is 6.68. The van der Waals surface area contributed by atoms with Crippen LogP contribution in [0.5, 0.6) is 0 Å². The van der Waals surface area contributed by atoms with E-state index in [-0.39, 0.29) is 11.3 Å². The van der Waals surface area contributed by atoms with Gasteiger partial charge in [-0.3, -0.25) is 4.79 Å². The molecule has 2 rings (SSSR count). The first-order valence-corrected chi connectivity index (χ1v) is 6.68. The SMILES string of the molecule is CCC1(C(=O)NCc2cccc(C#N)c2)CCNC1. The van der Waals surface area contributed by atoms with Gasteiger partial charge in [-0.25, -0.2) is 0 Å². The predicted octanol–water partition coefficient (Wildman–Crippen LogP) is 1.56. The minimum absolute atomic E-state index is 0.113. The summed E-state index contributed by atoms with van der Waals surface area (Å²) in [6.07, 6.45) is 1.75. The molecule has 4 nitrogen and oxygen atoms in total. The van der Waals surface area contributed by atoms with Crippen LogP contribution in [0.2, 0.25) is 0 Å². The summed E-state index contributed by atoms with van der Waals surface area (Å²) in [5, 5.41) is 15.1. The maximum absolute atomic E-state index is 12.3. The van der Waals surface area contributed by atoms with Gasteiger partial charge in [0.05, 0.1) is 17.0 Å². The Hall–Kier alpha value is -1.86. The highest BCUT2D eigenvalue weighted by atomic mass is 16.2. The van der Waals surface area contributed by atoms with Gasteiger partial charge in [-0.05, 0) is 37.1 Å². The number of carbonyl (C=O) groups is 1. The van der Waals surface area contributed by atoms with E-state index in [0.717, 1.165) is 31.5 Å². The summed E-state index contributed by atoms with van der Waals surface area (Å²) in [4.78, 5) is 12.3. The minimum atomic E-state index is -0.257. The van der Waals surface area contributed by atoms with Crippen LogP contribution >= 0.6 is 0 Å². The average Bonchev–Trinajstić information content (AvgIpc) is 2.95. The Balaban J connectivity index is 1.98. The summed E-state index contributed by atoms with van der Waals surface area (Å²) in [5.74, 6) is 0.113. The van der Waals surface area contributed by atoms with E-state index >= 15 is 0 Å². The summed E-state index contributed by atoms with van der Waals surface area (Å²) in [5.41, 5.74) is 1.33. The molecule has 2 N–H and O–H groups in total. The number of rotatable bonds is 4. The van der Waals surface area contributed by atoms with E-state index in [0.29, 0.717) is 12.1 Å². The van der Waals surface area contributed by atoms with Crippen LogP contribution in [0.3, 0.4) is 0 Å². The van der Waals surface area contributed by atoms with Crippen molar-refractivity contribution in [2.45, 2.75) is 26.3 Å². The Bertz CT molecular complexity index is 498. The fraction of sp³-hybridized carbons (Fsp3) is 0.467. The highest BCUT2D eigenvalue weighted by Gasteiger charge is 2.39. The van der Waals surface area contributed by atoms with E-state index in [1.165, 1.54) is 0 Å². The van der Waals surface area contributed by atoms with Crippen LogP contribution in [0, 0.1) is 16.7 Å². The number of benzene rings is 1. The van der Waals surface area contributed by atoms with Crippen molar-refractivity contribution in [3.63, 3.8) is 0 Å². The molecule has 0 aliphatic carbocycles. The molecule has 0 radical (unpaired) electrons. The van der Waals surface area contributed by atoms with E-state index in [9.17, 15) is 4.79 Å². The molecule has 1 aliphatic heterocycles. The summed E-state index contributed by atoms with van der Waals surface area (Å²) in [7, 11) is 0. The quantitative estimate of drug-likeness (QED) is 0.860. The van der Waals surface area contributed by atoms with E-state index in [1.807, 2.05) is 18.2 Å². The third kappa shape index (κ3) is 2.94. The molecule has 1 heterocycles. The van der Waals surface area contributed by atoms with Gasteiger partial charge in [0.15, 0.2) is 0 Å². The molecule has 0 saturated carbocycles. The zero-order valence-corrected chi connectivity index (χ0v) is 11.2. The topological polar surface area (TPSA) is 64.9 Å². The molecule has 4 heteroatoms. The van der Waals surface area contributed by atoms with Gasteiger partial charge in [0.2, 0.25) is 5.91 Å². The second-order valence-electron chi connectivity index (χ2n) is 5.06. The lowest BCUT2D eigenvalue weighted by atomic mass is 9.83. The number of nitrogens with one attached hydrogen (secondary N) is 2. The van der Waals surface area contributed by atoms with Gasteiger partial charge in [-0.1, -0.05) is 19.1 Å². The van der Waals surface area contributed by atoms with Gasteiger partial charge in [0.25, 0.3) is 0 Å². The summed E-state index contributed by atoms with van der Waals surface area (Å²) < 4.78 is 0. The molecule has 1 unspecified atom stereocenters. The van der Waals surface area contributed by atoms with Crippen LogP contribution < -0.4 is 10.6 Å². The van der Waals surface area contributed by atoms with E-state index in [1.54, 1.807) is 6.07 Å². The Morgan fingerprint density at radius 3 is 3.05 bits per heavy atom. The van der Waals surface area contributed by atoms with Gasteiger partial charge in [0.1, 0.15) is 0 Å². The molecule has 1 saturated heterocycles. The first-order chi connectivity index (χ1) is 9.20. The zero-order valence-electron chi connectivity index (χ0n) is 11.2. The van der Waals surface area contributed by atoms with Crippen molar-refractivity contribution in [3.8, 4) is 6.07 Å². The molecule has 1 amide bonds. The van der Waals surface area contributed by atoms with E-state index < -0.39 is 0 Å². The van der Waals surface area contributed by atoms with Crippen LogP contribution in [0.25, 0.3) is 0 Å². The van der Waals surface area contributed by atoms with Crippen molar-refractivity contribution >= 4 is 5.91 Å². The number of hydrogen-bond acceptors (Lipinski definition) is 3. The first kappa shape index (κ1) is 13.6. The van der Waals surface area contributed by atoms with Gasteiger partial charge in [-0.2, -0.15) is 5.26 Å². The van der Waals surface area contributed by atoms with Crippen molar-refractivity contribution in [2.24, 2.45) is 5.41 Å². The molecule has 1 atom stereocenters. The Labute approximate surface area is 113 Å². The molecule has 1 fully saturated rings. The number of hydrogen-bond donors (Lipinski definition) is 2. The zero-order chi connectivity index (χ0) is 13.7. The smallest absolute Gasteiger partial charge is 0.227 e. The molecule has 1 aromatic rings. The van der Waals surface area contributed by atoms with Crippen LogP contribution in [0.4, 0.5) is 0 Å². The monoisotopic (exact) mass is 257 g/mol. The lowest BCUT2D eigenvalue weighted by Crippen LogP contribution is -2.41. The molecular weight excluding hydrogens is 238 g/mol. The third-order valence-electron chi connectivity index (χ3n) is 3.91. The van der Waals surface area contributed by atoms with E-state index in [2.05, 4.69) is 23.6 Å². The van der Waals surface area contributed by atoms with Gasteiger partial charge in [0, 0.05) is 13.1 Å². The minimum Gasteiger partial charge on any atom is -0.352 e. The summed E-state index contributed by atoms with van der Waals surface area (Å²) in [6.45, 7) is 4.21. The maximum Gasteiger partial charge on any atom is 0.227 e. The molecule has 0 bridgehead atoms. The lowest BCUT2D eigenvalue weighted by molar-refractivity contribution is -0.130. The molecule has 0 aromatic heterocycles. The lowest BCUT2D eigenvalue weighted by Gasteiger charge is -2.25. The number of nitrogens with zero attached hydrogens (tertiary/aromatic N) is 1. The molecule has 1 aliphatic rings. The molecular formula is C15H19N3O. The van der Waals surface area contributed by atoms with Crippen molar-refractivity contribution < 1.29 is 4.79 Å². The Morgan fingerprint density at radius 1 is 1.58 bits per heavy atom. The van der Waals surface area contributed by atoms with Crippen LogP contribution in [0.15, 0.2) is 24.3 Å². The summed E-state index contributed by atoms with van der Waals surface area (Å²) in [6, 6.07) is 9.44. The fourth-order valence-electron chi connectivity index (χ4n) is 2.52. The fourth-order valence-corrected chi connectivity index (χ4v) is 2.52. The standard InChI is InChI=1S/C15H19N3O/c1-2-15(6-7-17-11-15)14(19)18-10-13-5-3-4-12(8-13)9-16/h3-5,8,17H,2,6-7,10-11H2,1H3,(H,18,19). The second kappa shape index (κ2) is 5.85. The Kier molecular flexibility index (Phi) is 4.18. The van der Waals surface area contributed by atoms with Crippen molar-refractivity contribution in [2.75, 3.05) is 13.1 Å². The second-order valence-corrected chi connectivity index (χ2v) is 5.06. The van der Waals surface area contributed by atoms with E-state index in [4.69, 9.17) is 5.26 Å². The highest BCUT2D eigenvalue weighted by Crippen LogP contribution is 2.29. The normalized spacial score (nSPS) is 21.9. The summed E-state index contributed by atoms with van der Waals surface area (Å²) >= 11 is 0. The van der Waals surface area contributed by atoms with Gasteiger partial charge >= 0.3 is 0 Å². The van der Waals surface area contributed by atoms with Crippen molar-refractivity contribution in [1.29, 1.82) is 5.26 Å². The third-order valence-corrected chi connectivity index (χ3v) is 3.91. The van der Waals surface area contributed by atoms with Crippen LogP contribution in [-0.4, -0.2) is 19.0 Å². The molecule has 100 valence electrons. The Morgan fingerprint density at radius 2 is 2.42 bits per heavy atom. The largest absolute Gasteiger partial charge is 0.352 e. The molecule has 1 aromatic carbocycles. The number of amides is 1. The maximum atomic E-state index is 12.3. The number of nitriles is 1. The van der Waals surface area contributed by atoms with Crippen LogP contribution in [0.1, 0.15) is 30.9 Å². The average molecular weight is 257 g/mol. The van der Waals surface area contributed by atoms with Crippen molar-refractivity contribution in [3.05, 3.63) is 35.4 Å².